The first-order valence-electron chi connectivity index (χ1n) is 7.83. The Kier molecular flexibility index (Phi) is 4.73. The van der Waals surface area contributed by atoms with Gasteiger partial charge >= 0.3 is 6.03 Å². The SMILES string of the molecule is O=C(NCCOc1ccc2ncccc2c1)N1CCCCC1. The molecule has 0 aliphatic carbocycles. The molecule has 0 unspecified atom stereocenters. The zero-order valence-corrected chi connectivity index (χ0v) is 12.6. The Morgan fingerprint density at radius 1 is 1.23 bits per heavy atom. The molecule has 0 saturated carbocycles. The summed E-state index contributed by atoms with van der Waals surface area (Å²) in [5.41, 5.74) is 0.952. The Labute approximate surface area is 130 Å². The van der Waals surface area contributed by atoms with Gasteiger partial charge in [0.1, 0.15) is 12.4 Å². The van der Waals surface area contributed by atoms with Crippen molar-refractivity contribution in [3.8, 4) is 5.75 Å². The molecule has 22 heavy (non-hydrogen) atoms. The van der Waals surface area contributed by atoms with Crippen LogP contribution in [-0.2, 0) is 0 Å². The molecule has 1 fully saturated rings. The summed E-state index contributed by atoms with van der Waals surface area (Å²) in [6.45, 7) is 2.71. The van der Waals surface area contributed by atoms with Gasteiger partial charge in [0.2, 0.25) is 0 Å². The number of nitrogens with one attached hydrogen (secondary N) is 1. The minimum absolute atomic E-state index is 0.0195. The average Bonchev–Trinajstić information content (AvgIpc) is 2.59. The average molecular weight is 299 g/mol. The lowest BCUT2D eigenvalue weighted by molar-refractivity contribution is 0.184. The van der Waals surface area contributed by atoms with Crippen molar-refractivity contribution in [3.63, 3.8) is 0 Å². The number of urea groups is 1. The van der Waals surface area contributed by atoms with Crippen molar-refractivity contribution in [1.82, 2.24) is 15.2 Å². The highest BCUT2D eigenvalue weighted by atomic mass is 16.5. The van der Waals surface area contributed by atoms with Crippen LogP contribution >= 0.6 is 0 Å². The second-order valence-electron chi connectivity index (χ2n) is 5.49. The zero-order valence-electron chi connectivity index (χ0n) is 12.6. The van der Waals surface area contributed by atoms with Gasteiger partial charge in [-0.2, -0.15) is 0 Å². The highest BCUT2D eigenvalue weighted by Gasteiger charge is 2.15. The molecule has 2 amide bonds. The van der Waals surface area contributed by atoms with E-state index in [4.69, 9.17) is 4.74 Å². The number of benzene rings is 1. The number of hydrogen-bond acceptors (Lipinski definition) is 3. The maximum atomic E-state index is 11.9. The second kappa shape index (κ2) is 7.11. The monoisotopic (exact) mass is 299 g/mol. The summed E-state index contributed by atoms with van der Waals surface area (Å²) in [5.74, 6) is 0.799. The molecular formula is C17H21N3O2. The molecule has 0 bridgehead atoms. The van der Waals surface area contributed by atoms with Gasteiger partial charge in [0.05, 0.1) is 12.1 Å². The normalized spacial score (nSPS) is 14.8. The number of likely N-dealkylation sites (tertiary alicyclic amines) is 1. The number of piperidine rings is 1. The molecule has 1 aliphatic heterocycles. The molecule has 1 aliphatic rings. The van der Waals surface area contributed by atoms with Gasteiger partial charge in [0, 0.05) is 24.7 Å². The van der Waals surface area contributed by atoms with Crippen molar-refractivity contribution in [2.75, 3.05) is 26.2 Å². The van der Waals surface area contributed by atoms with E-state index in [0.717, 1.165) is 42.6 Å². The molecule has 0 atom stereocenters. The fraction of sp³-hybridized carbons (Fsp3) is 0.412. The van der Waals surface area contributed by atoms with Gasteiger partial charge in [-0.1, -0.05) is 6.07 Å². The van der Waals surface area contributed by atoms with Crippen LogP contribution in [0.4, 0.5) is 4.79 Å². The number of hydrogen-bond donors (Lipinski definition) is 1. The van der Waals surface area contributed by atoms with Crippen LogP contribution in [0.1, 0.15) is 19.3 Å². The molecule has 0 radical (unpaired) electrons. The van der Waals surface area contributed by atoms with E-state index in [-0.39, 0.29) is 6.03 Å². The van der Waals surface area contributed by atoms with Crippen LogP contribution in [-0.4, -0.2) is 42.2 Å². The summed E-state index contributed by atoms with van der Waals surface area (Å²) in [7, 11) is 0. The van der Waals surface area contributed by atoms with Crippen molar-refractivity contribution in [1.29, 1.82) is 0 Å². The number of aromatic nitrogens is 1. The zero-order chi connectivity index (χ0) is 15.2. The molecule has 3 rings (SSSR count). The minimum Gasteiger partial charge on any atom is -0.492 e. The Balaban J connectivity index is 1.44. The van der Waals surface area contributed by atoms with Crippen LogP contribution in [0.15, 0.2) is 36.5 Å². The van der Waals surface area contributed by atoms with Crippen LogP contribution in [0.5, 0.6) is 5.75 Å². The van der Waals surface area contributed by atoms with Gasteiger partial charge in [0.15, 0.2) is 0 Å². The molecular weight excluding hydrogens is 278 g/mol. The number of ether oxygens (including phenoxy) is 1. The summed E-state index contributed by atoms with van der Waals surface area (Å²) in [4.78, 5) is 18.1. The maximum absolute atomic E-state index is 11.9. The topological polar surface area (TPSA) is 54.5 Å². The summed E-state index contributed by atoms with van der Waals surface area (Å²) < 4.78 is 5.69. The first-order valence-corrected chi connectivity index (χ1v) is 7.83. The molecule has 1 aromatic heterocycles. The molecule has 2 heterocycles. The fourth-order valence-corrected chi connectivity index (χ4v) is 2.68. The van der Waals surface area contributed by atoms with Crippen LogP contribution in [0.3, 0.4) is 0 Å². The largest absolute Gasteiger partial charge is 0.492 e. The van der Waals surface area contributed by atoms with Gasteiger partial charge < -0.3 is 15.0 Å². The predicted molar refractivity (Wildman–Crippen MR) is 86.1 cm³/mol. The van der Waals surface area contributed by atoms with E-state index in [2.05, 4.69) is 10.3 Å². The molecule has 5 heteroatoms. The van der Waals surface area contributed by atoms with E-state index in [0.29, 0.717) is 13.2 Å². The van der Waals surface area contributed by atoms with Crippen molar-refractivity contribution in [2.24, 2.45) is 0 Å². The number of carbonyl (C=O) groups is 1. The Morgan fingerprint density at radius 2 is 2.09 bits per heavy atom. The second-order valence-corrected chi connectivity index (χ2v) is 5.49. The summed E-state index contributed by atoms with van der Waals surface area (Å²) in [6, 6.07) is 9.75. The molecule has 1 N–H and O–H groups in total. The third-order valence-electron chi connectivity index (χ3n) is 3.86. The van der Waals surface area contributed by atoms with Crippen molar-refractivity contribution in [2.45, 2.75) is 19.3 Å². The van der Waals surface area contributed by atoms with Crippen molar-refractivity contribution >= 4 is 16.9 Å². The summed E-state index contributed by atoms with van der Waals surface area (Å²) >= 11 is 0. The molecule has 1 saturated heterocycles. The summed E-state index contributed by atoms with van der Waals surface area (Å²) in [6.07, 6.45) is 5.22. The smallest absolute Gasteiger partial charge is 0.317 e. The quantitative estimate of drug-likeness (QED) is 0.883. The lowest BCUT2D eigenvalue weighted by Gasteiger charge is -2.26. The molecule has 0 spiro atoms. The van der Waals surface area contributed by atoms with Gasteiger partial charge in [0.25, 0.3) is 0 Å². The van der Waals surface area contributed by atoms with E-state index < -0.39 is 0 Å². The minimum atomic E-state index is 0.0195. The van der Waals surface area contributed by atoms with Gasteiger partial charge in [-0.05, 0) is 43.5 Å². The molecule has 1 aromatic carbocycles. The van der Waals surface area contributed by atoms with Crippen LogP contribution in [0, 0.1) is 0 Å². The Bertz CT molecular complexity index is 639. The van der Waals surface area contributed by atoms with Crippen LogP contribution in [0.25, 0.3) is 10.9 Å². The summed E-state index contributed by atoms with van der Waals surface area (Å²) in [5, 5.41) is 3.96. The molecule has 116 valence electrons. The van der Waals surface area contributed by atoms with E-state index in [1.807, 2.05) is 35.2 Å². The predicted octanol–water partition coefficient (Wildman–Crippen LogP) is 2.81. The third kappa shape index (κ3) is 3.67. The number of amides is 2. The number of rotatable bonds is 4. The van der Waals surface area contributed by atoms with E-state index >= 15 is 0 Å². The highest BCUT2D eigenvalue weighted by molar-refractivity contribution is 5.79. The van der Waals surface area contributed by atoms with Gasteiger partial charge in [-0.15, -0.1) is 0 Å². The number of fused-ring (bicyclic) bond motifs is 1. The molecule has 5 nitrogen and oxygen atoms in total. The van der Waals surface area contributed by atoms with E-state index in [1.54, 1.807) is 6.20 Å². The molecule has 2 aromatic rings. The highest BCUT2D eigenvalue weighted by Crippen LogP contribution is 2.18. The number of carbonyl (C=O) groups excluding carboxylic acids is 1. The van der Waals surface area contributed by atoms with Crippen LogP contribution < -0.4 is 10.1 Å². The fourth-order valence-electron chi connectivity index (χ4n) is 2.68. The van der Waals surface area contributed by atoms with Gasteiger partial charge in [-0.25, -0.2) is 4.79 Å². The first-order chi connectivity index (χ1) is 10.8. The van der Waals surface area contributed by atoms with Crippen molar-refractivity contribution in [3.05, 3.63) is 36.5 Å². The lowest BCUT2D eigenvalue weighted by Crippen LogP contribution is -2.43. The number of pyridine rings is 1. The lowest BCUT2D eigenvalue weighted by atomic mass is 10.1. The standard InChI is InChI=1S/C17H21N3O2/c21-17(20-10-2-1-3-11-20)19-9-12-22-15-6-7-16-14(13-15)5-4-8-18-16/h4-8,13H,1-3,9-12H2,(H,19,21). The Hall–Kier alpha value is -2.30. The van der Waals surface area contributed by atoms with E-state index in [1.165, 1.54) is 6.42 Å². The third-order valence-corrected chi connectivity index (χ3v) is 3.86. The maximum Gasteiger partial charge on any atom is 0.317 e. The Morgan fingerprint density at radius 3 is 2.95 bits per heavy atom. The van der Waals surface area contributed by atoms with Crippen molar-refractivity contribution < 1.29 is 9.53 Å². The van der Waals surface area contributed by atoms with E-state index in [9.17, 15) is 4.79 Å². The number of nitrogens with zero attached hydrogens (tertiary/aromatic N) is 2. The van der Waals surface area contributed by atoms with Gasteiger partial charge in [-0.3, -0.25) is 4.98 Å². The first kappa shape index (κ1) is 14.6. The van der Waals surface area contributed by atoms with Crippen LogP contribution in [0.2, 0.25) is 0 Å².